The van der Waals surface area contributed by atoms with E-state index in [0.29, 0.717) is 6.04 Å². The fourth-order valence-corrected chi connectivity index (χ4v) is 2.54. The third kappa shape index (κ3) is 4.50. The van der Waals surface area contributed by atoms with E-state index in [1.807, 2.05) is 0 Å². The van der Waals surface area contributed by atoms with Crippen LogP contribution in [0, 0.1) is 6.92 Å². The number of benzene rings is 2. The highest BCUT2D eigenvalue weighted by atomic mass is 14.9. The van der Waals surface area contributed by atoms with Crippen LogP contribution in [0.3, 0.4) is 0 Å². The first kappa shape index (κ1) is 14.8. The Morgan fingerprint density at radius 3 is 2.50 bits per heavy atom. The Morgan fingerprint density at radius 2 is 1.80 bits per heavy atom. The van der Waals surface area contributed by atoms with Gasteiger partial charge in [0, 0.05) is 12.6 Å². The standard InChI is InChI=1S/C19H25N/c1-3-4-13-19(18-11-6-5-7-12-18)20-15-17-10-8-9-16(2)14-17/h5-12,14,19-20H,3-4,13,15H2,1-2H3. The Kier molecular flexibility index (Phi) is 5.82. The van der Waals surface area contributed by atoms with Gasteiger partial charge in [-0.15, -0.1) is 0 Å². The molecule has 2 aromatic rings. The minimum Gasteiger partial charge on any atom is -0.306 e. The van der Waals surface area contributed by atoms with E-state index in [1.165, 1.54) is 36.0 Å². The Bertz CT molecular complexity index is 504. The van der Waals surface area contributed by atoms with Gasteiger partial charge in [-0.3, -0.25) is 0 Å². The number of unbranched alkanes of at least 4 members (excludes halogenated alkanes) is 1. The van der Waals surface area contributed by atoms with Gasteiger partial charge in [0.15, 0.2) is 0 Å². The molecule has 2 aromatic carbocycles. The zero-order valence-corrected chi connectivity index (χ0v) is 12.6. The van der Waals surface area contributed by atoms with Crippen LogP contribution in [0.1, 0.15) is 48.9 Å². The van der Waals surface area contributed by atoms with Gasteiger partial charge >= 0.3 is 0 Å². The average molecular weight is 267 g/mol. The van der Waals surface area contributed by atoms with E-state index in [1.54, 1.807) is 0 Å². The summed E-state index contributed by atoms with van der Waals surface area (Å²) in [4.78, 5) is 0. The predicted molar refractivity (Wildman–Crippen MR) is 86.7 cm³/mol. The molecule has 0 radical (unpaired) electrons. The second-order valence-corrected chi connectivity index (χ2v) is 5.48. The fourth-order valence-electron chi connectivity index (χ4n) is 2.54. The quantitative estimate of drug-likeness (QED) is 0.743. The summed E-state index contributed by atoms with van der Waals surface area (Å²) in [6.07, 6.45) is 3.71. The zero-order valence-electron chi connectivity index (χ0n) is 12.6. The van der Waals surface area contributed by atoms with E-state index >= 15 is 0 Å². The van der Waals surface area contributed by atoms with E-state index in [-0.39, 0.29) is 0 Å². The lowest BCUT2D eigenvalue weighted by Crippen LogP contribution is -2.21. The summed E-state index contributed by atoms with van der Waals surface area (Å²) in [6.45, 7) is 5.34. The monoisotopic (exact) mass is 267 g/mol. The molecular formula is C19H25N. The first-order valence-electron chi connectivity index (χ1n) is 7.63. The largest absolute Gasteiger partial charge is 0.306 e. The van der Waals surface area contributed by atoms with Crippen molar-refractivity contribution in [3.05, 3.63) is 71.3 Å². The maximum Gasteiger partial charge on any atom is 0.0323 e. The first-order valence-corrected chi connectivity index (χ1v) is 7.63. The summed E-state index contributed by atoms with van der Waals surface area (Å²) < 4.78 is 0. The lowest BCUT2D eigenvalue weighted by molar-refractivity contribution is 0.480. The van der Waals surface area contributed by atoms with Crippen molar-refractivity contribution in [3.8, 4) is 0 Å². The van der Waals surface area contributed by atoms with Gasteiger partial charge in [-0.2, -0.15) is 0 Å². The number of hydrogen-bond acceptors (Lipinski definition) is 1. The van der Waals surface area contributed by atoms with Crippen molar-refractivity contribution in [2.45, 2.75) is 45.7 Å². The van der Waals surface area contributed by atoms with Crippen LogP contribution >= 0.6 is 0 Å². The molecule has 0 saturated heterocycles. The smallest absolute Gasteiger partial charge is 0.0323 e. The Labute approximate surface area is 123 Å². The van der Waals surface area contributed by atoms with Crippen LogP contribution in [0.2, 0.25) is 0 Å². The van der Waals surface area contributed by atoms with Crippen LogP contribution in [-0.4, -0.2) is 0 Å². The third-order valence-corrected chi connectivity index (χ3v) is 3.68. The number of nitrogens with one attached hydrogen (secondary N) is 1. The van der Waals surface area contributed by atoms with Crippen LogP contribution in [0.4, 0.5) is 0 Å². The molecule has 1 atom stereocenters. The Balaban J connectivity index is 2.01. The molecule has 0 fully saturated rings. The molecule has 0 aliphatic carbocycles. The summed E-state index contributed by atoms with van der Waals surface area (Å²) >= 11 is 0. The highest BCUT2D eigenvalue weighted by molar-refractivity contribution is 5.23. The second-order valence-electron chi connectivity index (χ2n) is 5.48. The molecule has 0 bridgehead atoms. The van der Waals surface area contributed by atoms with Crippen molar-refractivity contribution in [2.24, 2.45) is 0 Å². The second kappa shape index (κ2) is 7.86. The van der Waals surface area contributed by atoms with Gasteiger partial charge in [0.2, 0.25) is 0 Å². The highest BCUT2D eigenvalue weighted by Gasteiger charge is 2.09. The number of hydrogen-bond donors (Lipinski definition) is 1. The van der Waals surface area contributed by atoms with Crippen LogP contribution in [-0.2, 0) is 6.54 Å². The van der Waals surface area contributed by atoms with E-state index in [9.17, 15) is 0 Å². The topological polar surface area (TPSA) is 12.0 Å². The van der Waals surface area contributed by atoms with E-state index in [2.05, 4.69) is 73.8 Å². The maximum absolute atomic E-state index is 3.71. The van der Waals surface area contributed by atoms with Crippen molar-refractivity contribution >= 4 is 0 Å². The number of aryl methyl sites for hydroxylation is 1. The minimum absolute atomic E-state index is 0.455. The Hall–Kier alpha value is -1.60. The highest BCUT2D eigenvalue weighted by Crippen LogP contribution is 2.20. The van der Waals surface area contributed by atoms with Crippen LogP contribution in [0.25, 0.3) is 0 Å². The summed E-state index contributed by atoms with van der Waals surface area (Å²) in [6, 6.07) is 20.0. The Morgan fingerprint density at radius 1 is 1.00 bits per heavy atom. The third-order valence-electron chi connectivity index (χ3n) is 3.68. The first-order chi connectivity index (χ1) is 9.79. The van der Waals surface area contributed by atoms with Crippen LogP contribution in [0.5, 0.6) is 0 Å². The lowest BCUT2D eigenvalue weighted by Gasteiger charge is -2.19. The van der Waals surface area contributed by atoms with Crippen molar-refractivity contribution in [2.75, 3.05) is 0 Å². The molecule has 1 unspecified atom stereocenters. The van der Waals surface area contributed by atoms with Crippen LogP contribution < -0.4 is 5.32 Å². The van der Waals surface area contributed by atoms with Crippen molar-refractivity contribution in [3.63, 3.8) is 0 Å². The molecule has 1 heteroatoms. The summed E-state index contributed by atoms with van der Waals surface area (Å²) in [5.74, 6) is 0. The fraction of sp³-hybridized carbons (Fsp3) is 0.368. The maximum atomic E-state index is 3.71. The SMILES string of the molecule is CCCCC(NCc1cccc(C)c1)c1ccccc1. The molecule has 106 valence electrons. The van der Waals surface area contributed by atoms with Gasteiger partial charge in [0.1, 0.15) is 0 Å². The average Bonchev–Trinajstić information content (AvgIpc) is 2.48. The molecule has 0 aliphatic heterocycles. The van der Waals surface area contributed by atoms with E-state index in [0.717, 1.165) is 6.54 Å². The molecular weight excluding hydrogens is 242 g/mol. The van der Waals surface area contributed by atoms with Crippen molar-refractivity contribution in [1.82, 2.24) is 5.32 Å². The van der Waals surface area contributed by atoms with Gasteiger partial charge in [0.25, 0.3) is 0 Å². The predicted octanol–water partition coefficient (Wildman–Crippen LogP) is 5.02. The normalized spacial score (nSPS) is 12.3. The molecule has 0 spiro atoms. The molecule has 0 saturated carbocycles. The molecule has 20 heavy (non-hydrogen) atoms. The van der Waals surface area contributed by atoms with E-state index < -0.39 is 0 Å². The summed E-state index contributed by atoms with van der Waals surface area (Å²) in [7, 11) is 0. The van der Waals surface area contributed by atoms with Gasteiger partial charge in [-0.05, 0) is 24.5 Å². The molecule has 2 rings (SSSR count). The van der Waals surface area contributed by atoms with Crippen molar-refractivity contribution in [1.29, 1.82) is 0 Å². The van der Waals surface area contributed by atoms with Gasteiger partial charge in [-0.1, -0.05) is 79.9 Å². The van der Waals surface area contributed by atoms with Gasteiger partial charge in [-0.25, -0.2) is 0 Å². The lowest BCUT2D eigenvalue weighted by atomic mass is 10.0. The molecule has 1 nitrogen and oxygen atoms in total. The molecule has 0 amide bonds. The summed E-state index contributed by atoms with van der Waals surface area (Å²) in [5.41, 5.74) is 4.09. The summed E-state index contributed by atoms with van der Waals surface area (Å²) in [5, 5.41) is 3.71. The minimum atomic E-state index is 0.455. The van der Waals surface area contributed by atoms with Crippen LogP contribution in [0.15, 0.2) is 54.6 Å². The van der Waals surface area contributed by atoms with E-state index in [4.69, 9.17) is 0 Å². The molecule has 0 heterocycles. The molecule has 1 N–H and O–H groups in total. The number of rotatable bonds is 7. The molecule has 0 aliphatic rings. The molecule has 0 aromatic heterocycles. The van der Waals surface area contributed by atoms with Crippen molar-refractivity contribution < 1.29 is 0 Å². The zero-order chi connectivity index (χ0) is 14.2. The van der Waals surface area contributed by atoms with Gasteiger partial charge in [0.05, 0.1) is 0 Å². The van der Waals surface area contributed by atoms with Gasteiger partial charge < -0.3 is 5.32 Å².